The molecule has 1 aliphatic carbocycles. The van der Waals surface area contributed by atoms with Crippen LogP contribution in [0.4, 0.5) is 0 Å². The zero-order valence-electron chi connectivity index (χ0n) is 17.4. The molecule has 1 fully saturated rings. The van der Waals surface area contributed by atoms with Gasteiger partial charge in [0.15, 0.2) is 0 Å². The zero-order chi connectivity index (χ0) is 20.0. The molecule has 0 heterocycles. The maximum Gasteiger partial charge on any atom is 0.338 e. The van der Waals surface area contributed by atoms with Crippen molar-refractivity contribution in [3.05, 3.63) is 35.4 Å². The molecule has 27 heavy (non-hydrogen) atoms. The van der Waals surface area contributed by atoms with Crippen LogP contribution in [0.2, 0.25) is 0 Å². The highest BCUT2D eigenvalue weighted by Gasteiger charge is 2.52. The third-order valence-corrected chi connectivity index (χ3v) is 5.33. The van der Waals surface area contributed by atoms with Crippen LogP contribution < -0.4 is 0 Å². The first kappa shape index (κ1) is 21.5. The van der Waals surface area contributed by atoms with E-state index in [2.05, 4.69) is 13.8 Å². The van der Waals surface area contributed by atoms with Crippen LogP contribution in [0.15, 0.2) is 24.3 Å². The van der Waals surface area contributed by atoms with E-state index >= 15 is 0 Å². The highest BCUT2D eigenvalue weighted by molar-refractivity contribution is 5.90. The SMILES string of the molecule is Cc1cccc(C(=O)OC2CCCC2(CCC(C)C)C(=O)OCC(C)C)c1. The summed E-state index contributed by atoms with van der Waals surface area (Å²) in [4.78, 5) is 25.7. The fraction of sp³-hybridized carbons (Fsp3) is 0.652. The molecular formula is C23H34O4. The van der Waals surface area contributed by atoms with Crippen molar-refractivity contribution < 1.29 is 19.1 Å². The van der Waals surface area contributed by atoms with E-state index in [4.69, 9.17) is 9.47 Å². The number of rotatable bonds is 8. The lowest BCUT2D eigenvalue weighted by Gasteiger charge is -2.33. The standard InChI is InChI=1S/C23H34O4/c1-16(2)11-13-23(22(25)26-15-17(3)4)12-7-10-20(23)27-21(24)19-9-6-8-18(5)14-19/h6,8-9,14,16-17,20H,7,10-13,15H2,1-5H3. The molecule has 150 valence electrons. The minimum absolute atomic E-state index is 0.198. The number of hydrogen-bond donors (Lipinski definition) is 0. The van der Waals surface area contributed by atoms with E-state index in [1.165, 1.54) is 0 Å². The zero-order valence-corrected chi connectivity index (χ0v) is 17.4. The van der Waals surface area contributed by atoms with Gasteiger partial charge in [0.1, 0.15) is 11.5 Å². The predicted octanol–water partition coefficient (Wildman–Crippen LogP) is 5.33. The molecule has 2 atom stereocenters. The van der Waals surface area contributed by atoms with Crippen LogP contribution in [0.25, 0.3) is 0 Å². The van der Waals surface area contributed by atoms with E-state index in [-0.39, 0.29) is 17.9 Å². The first-order valence-electron chi connectivity index (χ1n) is 10.2. The summed E-state index contributed by atoms with van der Waals surface area (Å²) in [6.45, 7) is 10.7. The Morgan fingerprint density at radius 3 is 2.56 bits per heavy atom. The topological polar surface area (TPSA) is 52.6 Å². The third-order valence-electron chi connectivity index (χ3n) is 5.33. The highest BCUT2D eigenvalue weighted by atomic mass is 16.6. The number of ether oxygens (including phenoxy) is 2. The van der Waals surface area contributed by atoms with Crippen molar-refractivity contribution >= 4 is 11.9 Å². The number of carbonyl (C=O) groups is 2. The quantitative estimate of drug-likeness (QED) is 0.577. The van der Waals surface area contributed by atoms with Crippen LogP contribution >= 0.6 is 0 Å². The fourth-order valence-corrected chi connectivity index (χ4v) is 3.74. The highest BCUT2D eigenvalue weighted by Crippen LogP contribution is 2.46. The van der Waals surface area contributed by atoms with Gasteiger partial charge in [-0.1, -0.05) is 45.4 Å². The predicted molar refractivity (Wildman–Crippen MR) is 107 cm³/mol. The van der Waals surface area contributed by atoms with Gasteiger partial charge in [0, 0.05) is 0 Å². The Bertz CT molecular complexity index is 650. The maximum atomic E-state index is 13.1. The largest absolute Gasteiger partial charge is 0.465 e. The second-order valence-electron chi connectivity index (χ2n) is 8.74. The lowest BCUT2D eigenvalue weighted by atomic mass is 9.78. The molecule has 0 aliphatic heterocycles. The Balaban J connectivity index is 2.19. The van der Waals surface area contributed by atoms with Crippen molar-refractivity contribution in [1.82, 2.24) is 0 Å². The summed E-state index contributed by atoms with van der Waals surface area (Å²) in [6.07, 6.45) is 3.52. The molecule has 1 aliphatic rings. The lowest BCUT2D eigenvalue weighted by Crippen LogP contribution is -2.43. The molecule has 4 nitrogen and oxygen atoms in total. The van der Waals surface area contributed by atoms with Gasteiger partial charge in [-0.2, -0.15) is 0 Å². The monoisotopic (exact) mass is 374 g/mol. The van der Waals surface area contributed by atoms with Gasteiger partial charge in [-0.05, 0) is 63.0 Å². The molecule has 2 unspecified atom stereocenters. The Morgan fingerprint density at radius 2 is 1.93 bits per heavy atom. The van der Waals surface area contributed by atoms with Gasteiger partial charge in [0.05, 0.1) is 12.2 Å². The van der Waals surface area contributed by atoms with Crippen LogP contribution in [0.1, 0.15) is 75.7 Å². The van der Waals surface area contributed by atoms with Crippen molar-refractivity contribution in [3.63, 3.8) is 0 Å². The molecule has 2 rings (SSSR count). The van der Waals surface area contributed by atoms with Gasteiger partial charge in [-0.3, -0.25) is 4.79 Å². The van der Waals surface area contributed by atoms with Gasteiger partial charge in [0.2, 0.25) is 0 Å². The molecule has 1 aromatic rings. The van der Waals surface area contributed by atoms with Crippen molar-refractivity contribution in [3.8, 4) is 0 Å². The van der Waals surface area contributed by atoms with Crippen LogP contribution in [0.5, 0.6) is 0 Å². The average Bonchev–Trinajstić information content (AvgIpc) is 3.01. The minimum Gasteiger partial charge on any atom is -0.465 e. The molecule has 4 heteroatoms. The maximum absolute atomic E-state index is 13.1. The molecule has 0 amide bonds. The molecule has 0 N–H and O–H groups in total. The van der Waals surface area contributed by atoms with Crippen molar-refractivity contribution in [2.75, 3.05) is 6.61 Å². The summed E-state index contributed by atoms with van der Waals surface area (Å²) in [5, 5.41) is 0. The molecular weight excluding hydrogens is 340 g/mol. The molecule has 0 spiro atoms. The third kappa shape index (κ3) is 5.57. The fourth-order valence-electron chi connectivity index (χ4n) is 3.74. The van der Waals surface area contributed by atoms with Crippen LogP contribution in [-0.2, 0) is 14.3 Å². The molecule has 0 aromatic heterocycles. The van der Waals surface area contributed by atoms with Gasteiger partial charge < -0.3 is 9.47 Å². The van der Waals surface area contributed by atoms with Crippen molar-refractivity contribution in [2.24, 2.45) is 17.3 Å². The molecule has 0 radical (unpaired) electrons. The second-order valence-corrected chi connectivity index (χ2v) is 8.74. The first-order chi connectivity index (χ1) is 12.7. The van der Waals surface area contributed by atoms with E-state index < -0.39 is 11.5 Å². The van der Waals surface area contributed by atoms with E-state index in [0.29, 0.717) is 30.9 Å². The summed E-state index contributed by atoms with van der Waals surface area (Å²) in [6, 6.07) is 7.38. The molecule has 0 bridgehead atoms. The minimum atomic E-state index is -0.710. The number of benzene rings is 1. The van der Waals surface area contributed by atoms with E-state index in [9.17, 15) is 9.59 Å². The van der Waals surface area contributed by atoms with Gasteiger partial charge >= 0.3 is 11.9 Å². The lowest BCUT2D eigenvalue weighted by molar-refractivity contribution is -0.163. The summed E-state index contributed by atoms with van der Waals surface area (Å²) >= 11 is 0. The van der Waals surface area contributed by atoms with E-state index in [1.54, 1.807) is 6.07 Å². The average molecular weight is 375 g/mol. The smallest absolute Gasteiger partial charge is 0.338 e. The summed E-state index contributed by atoms with van der Waals surface area (Å²) in [5.74, 6) is 0.215. The van der Waals surface area contributed by atoms with Crippen molar-refractivity contribution in [1.29, 1.82) is 0 Å². The molecule has 0 saturated heterocycles. The molecule has 1 saturated carbocycles. The van der Waals surface area contributed by atoms with Crippen LogP contribution in [0.3, 0.4) is 0 Å². The second kappa shape index (κ2) is 9.38. The normalized spacial score (nSPS) is 22.3. The van der Waals surface area contributed by atoms with Gasteiger partial charge in [-0.15, -0.1) is 0 Å². The van der Waals surface area contributed by atoms with Gasteiger partial charge in [0.25, 0.3) is 0 Å². The van der Waals surface area contributed by atoms with Gasteiger partial charge in [-0.25, -0.2) is 4.79 Å². The number of esters is 2. The summed E-state index contributed by atoms with van der Waals surface area (Å²) in [5.41, 5.74) is 0.840. The first-order valence-corrected chi connectivity index (χ1v) is 10.2. The summed E-state index contributed by atoms with van der Waals surface area (Å²) in [7, 11) is 0. The van der Waals surface area contributed by atoms with E-state index in [1.807, 2.05) is 39.0 Å². The van der Waals surface area contributed by atoms with E-state index in [0.717, 1.165) is 24.8 Å². The van der Waals surface area contributed by atoms with Crippen molar-refractivity contribution in [2.45, 2.75) is 72.8 Å². The van der Waals surface area contributed by atoms with Crippen LogP contribution in [-0.4, -0.2) is 24.6 Å². The Morgan fingerprint density at radius 1 is 1.19 bits per heavy atom. The van der Waals surface area contributed by atoms with Crippen LogP contribution in [0, 0.1) is 24.2 Å². The number of carbonyl (C=O) groups excluding carboxylic acids is 2. The summed E-state index contributed by atoms with van der Waals surface area (Å²) < 4.78 is 11.5. The number of aryl methyl sites for hydroxylation is 1. The Labute approximate surface area is 163 Å². The Kier molecular flexibility index (Phi) is 7.46. The number of hydrogen-bond acceptors (Lipinski definition) is 4. The Hall–Kier alpha value is -1.84. The molecule has 1 aromatic carbocycles.